The average molecular weight is 237 g/mol. The number of ether oxygens (including phenoxy) is 1. The van der Waals surface area contributed by atoms with Crippen molar-refractivity contribution in [2.24, 2.45) is 5.92 Å². The maximum absolute atomic E-state index is 14.2. The summed E-state index contributed by atoms with van der Waals surface area (Å²) in [6, 6.07) is 7.68. The van der Waals surface area contributed by atoms with Gasteiger partial charge in [-0.25, -0.2) is 4.39 Å². The second-order valence-electron chi connectivity index (χ2n) is 4.64. The quantitative estimate of drug-likeness (QED) is 0.869. The zero-order chi connectivity index (χ0) is 12.1. The number of methoxy groups -OCH3 is 1. The number of piperidine rings is 1. The first-order valence-electron chi connectivity index (χ1n) is 6.28. The van der Waals surface area contributed by atoms with Crippen LogP contribution in [0.2, 0.25) is 0 Å². The van der Waals surface area contributed by atoms with Crippen molar-refractivity contribution >= 4 is 0 Å². The summed E-state index contributed by atoms with van der Waals surface area (Å²) in [6.45, 7) is 1.83. The van der Waals surface area contributed by atoms with Gasteiger partial charge in [0, 0.05) is 18.9 Å². The van der Waals surface area contributed by atoms with Gasteiger partial charge in [0.2, 0.25) is 0 Å². The first kappa shape index (κ1) is 12.4. The normalized spacial score (nSPS) is 22.1. The van der Waals surface area contributed by atoms with Crippen molar-refractivity contribution in [3.63, 3.8) is 0 Å². The van der Waals surface area contributed by atoms with Gasteiger partial charge in [-0.3, -0.25) is 0 Å². The fourth-order valence-corrected chi connectivity index (χ4v) is 2.44. The number of halogens is 1. The topological polar surface area (TPSA) is 21.3 Å². The van der Waals surface area contributed by atoms with E-state index in [-0.39, 0.29) is 5.92 Å². The van der Waals surface area contributed by atoms with Gasteiger partial charge in [0.05, 0.1) is 7.11 Å². The number of hydrogen-bond acceptors (Lipinski definition) is 2. The monoisotopic (exact) mass is 237 g/mol. The predicted octanol–water partition coefficient (Wildman–Crippen LogP) is 2.58. The lowest BCUT2D eigenvalue weighted by atomic mass is 9.91. The summed E-state index contributed by atoms with van der Waals surface area (Å²) >= 11 is 0. The van der Waals surface area contributed by atoms with E-state index in [2.05, 4.69) is 5.32 Å². The lowest BCUT2D eigenvalue weighted by Crippen LogP contribution is -2.35. The fraction of sp³-hybridized carbons (Fsp3) is 0.571. The Morgan fingerprint density at radius 2 is 2.29 bits per heavy atom. The minimum atomic E-state index is -0.779. The molecule has 0 radical (unpaired) electrons. The highest BCUT2D eigenvalue weighted by atomic mass is 19.1. The van der Waals surface area contributed by atoms with Crippen molar-refractivity contribution in [3.8, 4) is 5.75 Å². The lowest BCUT2D eigenvalue weighted by molar-refractivity contribution is 0.190. The zero-order valence-corrected chi connectivity index (χ0v) is 10.3. The van der Waals surface area contributed by atoms with E-state index in [4.69, 9.17) is 4.74 Å². The SMILES string of the molecule is COc1ccccc1CC(F)C1CCCNC1. The number of benzene rings is 1. The van der Waals surface area contributed by atoms with Crippen LogP contribution in [0.1, 0.15) is 18.4 Å². The van der Waals surface area contributed by atoms with Crippen molar-refractivity contribution in [2.45, 2.75) is 25.4 Å². The summed E-state index contributed by atoms with van der Waals surface area (Å²) in [5.41, 5.74) is 0.966. The Morgan fingerprint density at radius 3 is 3.00 bits per heavy atom. The zero-order valence-electron chi connectivity index (χ0n) is 10.3. The molecule has 0 aromatic heterocycles. The van der Waals surface area contributed by atoms with Crippen LogP contribution in [0.25, 0.3) is 0 Å². The van der Waals surface area contributed by atoms with E-state index in [1.807, 2.05) is 24.3 Å². The van der Waals surface area contributed by atoms with E-state index in [0.29, 0.717) is 6.42 Å². The molecule has 2 rings (SSSR count). The molecule has 2 atom stereocenters. The molecular formula is C14H20FNO. The molecule has 0 aliphatic carbocycles. The second kappa shape index (κ2) is 6.01. The maximum atomic E-state index is 14.2. The van der Waals surface area contributed by atoms with E-state index in [1.54, 1.807) is 7.11 Å². The van der Waals surface area contributed by atoms with Gasteiger partial charge in [-0.1, -0.05) is 18.2 Å². The minimum absolute atomic E-state index is 0.147. The Morgan fingerprint density at radius 1 is 1.47 bits per heavy atom. The number of rotatable bonds is 4. The van der Waals surface area contributed by atoms with Gasteiger partial charge >= 0.3 is 0 Å². The van der Waals surface area contributed by atoms with Gasteiger partial charge in [0.25, 0.3) is 0 Å². The smallest absolute Gasteiger partial charge is 0.122 e. The van der Waals surface area contributed by atoms with E-state index in [1.165, 1.54) is 0 Å². The highest BCUT2D eigenvalue weighted by molar-refractivity contribution is 5.33. The molecule has 1 fully saturated rings. The standard InChI is InChI=1S/C14H20FNO/c1-17-14-7-3-2-5-11(14)9-13(15)12-6-4-8-16-10-12/h2-3,5,7,12-13,16H,4,6,8-10H2,1H3. The third-order valence-electron chi connectivity index (χ3n) is 3.45. The Kier molecular flexibility index (Phi) is 4.37. The summed E-state index contributed by atoms with van der Waals surface area (Å²) in [7, 11) is 1.63. The molecule has 2 unspecified atom stereocenters. The molecule has 1 aromatic carbocycles. The number of para-hydroxylation sites is 1. The van der Waals surface area contributed by atoms with Crippen LogP contribution in [0.3, 0.4) is 0 Å². The largest absolute Gasteiger partial charge is 0.496 e. The Hall–Kier alpha value is -1.09. The van der Waals surface area contributed by atoms with Crippen molar-refractivity contribution in [2.75, 3.05) is 20.2 Å². The molecule has 0 amide bonds. The van der Waals surface area contributed by atoms with E-state index in [0.717, 1.165) is 37.2 Å². The molecule has 1 N–H and O–H groups in total. The van der Waals surface area contributed by atoms with Crippen LogP contribution in [-0.2, 0) is 6.42 Å². The lowest BCUT2D eigenvalue weighted by Gasteiger charge is -2.26. The molecule has 3 heteroatoms. The van der Waals surface area contributed by atoms with Crippen LogP contribution < -0.4 is 10.1 Å². The molecule has 0 spiro atoms. The van der Waals surface area contributed by atoms with E-state index >= 15 is 0 Å². The van der Waals surface area contributed by atoms with Gasteiger partial charge in [0.15, 0.2) is 0 Å². The van der Waals surface area contributed by atoms with Gasteiger partial charge < -0.3 is 10.1 Å². The number of nitrogens with one attached hydrogen (secondary N) is 1. The van der Waals surface area contributed by atoms with E-state index < -0.39 is 6.17 Å². The summed E-state index contributed by atoms with van der Waals surface area (Å²) in [6.07, 6.45) is 1.75. The number of alkyl halides is 1. The molecular weight excluding hydrogens is 217 g/mol. The van der Waals surface area contributed by atoms with Crippen LogP contribution in [0, 0.1) is 5.92 Å². The molecule has 2 nitrogen and oxygen atoms in total. The van der Waals surface area contributed by atoms with Crippen LogP contribution in [0.15, 0.2) is 24.3 Å². The molecule has 0 saturated carbocycles. The van der Waals surface area contributed by atoms with Crippen LogP contribution in [0.4, 0.5) is 4.39 Å². The molecule has 17 heavy (non-hydrogen) atoms. The first-order valence-corrected chi connectivity index (χ1v) is 6.28. The summed E-state index contributed by atoms with van der Waals surface area (Å²) < 4.78 is 19.4. The third-order valence-corrected chi connectivity index (χ3v) is 3.45. The predicted molar refractivity (Wildman–Crippen MR) is 67.2 cm³/mol. The maximum Gasteiger partial charge on any atom is 0.122 e. The van der Waals surface area contributed by atoms with Gasteiger partial charge in [-0.2, -0.15) is 0 Å². The Labute approximate surface area is 102 Å². The highest BCUT2D eigenvalue weighted by Crippen LogP contribution is 2.25. The second-order valence-corrected chi connectivity index (χ2v) is 4.64. The summed E-state index contributed by atoms with van der Waals surface area (Å²) in [5.74, 6) is 0.938. The van der Waals surface area contributed by atoms with Gasteiger partial charge in [-0.05, 0) is 31.0 Å². The fourth-order valence-electron chi connectivity index (χ4n) is 2.44. The van der Waals surface area contributed by atoms with Crippen LogP contribution in [0.5, 0.6) is 5.75 Å². The Bertz CT molecular complexity index is 350. The average Bonchev–Trinajstić information content (AvgIpc) is 2.40. The van der Waals surface area contributed by atoms with Gasteiger partial charge in [0.1, 0.15) is 11.9 Å². The van der Waals surface area contributed by atoms with Crippen molar-refractivity contribution in [1.82, 2.24) is 5.32 Å². The molecule has 1 heterocycles. The summed E-state index contributed by atoms with van der Waals surface area (Å²) in [5, 5.41) is 3.26. The van der Waals surface area contributed by atoms with E-state index in [9.17, 15) is 4.39 Å². The molecule has 1 aliphatic rings. The van der Waals surface area contributed by atoms with Crippen LogP contribution in [-0.4, -0.2) is 26.4 Å². The molecule has 1 aliphatic heterocycles. The minimum Gasteiger partial charge on any atom is -0.496 e. The molecule has 1 saturated heterocycles. The molecule has 94 valence electrons. The molecule has 1 aromatic rings. The van der Waals surface area contributed by atoms with Crippen molar-refractivity contribution in [1.29, 1.82) is 0 Å². The van der Waals surface area contributed by atoms with Crippen molar-refractivity contribution < 1.29 is 9.13 Å². The van der Waals surface area contributed by atoms with Crippen LogP contribution >= 0.6 is 0 Å². The Balaban J connectivity index is 1.99. The third kappa shape index (κ3) is 3.19. The van der Waals surface area contributed by atoms with Gasteiger partial charge in [-0.15, -0.1) is 0 Å². The number of hydrogen-bond donors (Lipinski definition) is 1. The highest BCUT2D eigenvalue weighted by Gasteiger charge is 2.24. The summed E-state index contributed by atoms with van der Waals surface area (Å²) in [4.78, 5) is 0. The molecule has 0 bridgehead atoms. The first-order chi connectivity index (χ1) is 8.31. The van der Waals surface area contributed by atoms with Crippen molar-refractivity contribution in [3.05, 3.63) is 29.8 Å².